The van der Waals surface area contributed by atoms with Gasteiger partial charge in [0.1, 0.15) is 11.5 Å². The molecule has 2 heterocycles. The first-order chi connectivity index (χ1) is 15.2. The number of rotatable bonds is 4. The third-order valence-electron chi connectivity index (χ3n) is 5.50. The van der Waals surface area contributed by atoms with Crippen LogP contribution in [0.15, 0.2) is 79.1 Å². The summed E-state index contributed by atoms with van der Waals surface area (Å²) in [6, 6.07) is 24.2. The molecule has 0 amide bonds. The van der Waals surface area contributed by atoms with Gasteiger partial charge in [0, 0.05) is 28.9 Å². The van der Waals surface area contributed by atoms with Crippen LogP contribution in [0.25, 0.3) is 38.6 Å². The van der Waals surface area contributed by atoms with Gasteiger partial charge in [-0.3, -0.25) is 4.98 Å². The van der Waals surface area contributed by atoms with E-state index < -0.39 is 0 Å². The summed E-state index contributed by atoms with van der Waals surface area (Å²) in [5, 5.41) is 11.8. The molecule has 5 heteroatoms. The SMILES string of the molecule is COc1ccc2c(c1)c1cc(OC)ccc1n2-c1cc(C#N)cc(-c2ccncc2)c1. The van der Waals surface area contributed by atoms with E-state index in [1.54, 1.807) is 26.6 Å². The van der Waals surface area contributed by atoms with Crippen molar-refractivity contribution in [1.82, 2.24) is 9.55 Å². The van der Waals surface area contributed by atoms with Crippen LogP contribution in [0.3, 0.4) is 0 Å². The summed E-state index contributed by atoms with van der Waals surface area (Å²) < 4.78 is 13.1. The van der Waals surface area contributed by atoms with Crippen LogP contribution in [0, 0.1) is 11.3 Å². The van der Waals surface area contributed by atoms with E-state index >= 15 is 0 Å². The highest BCUT2D eigenvalue weighted by Crippen LogP contribution is 2.37. The number of methoxy groups -OCH3 is 2. The maximum atomic E-state index is 9.69. The lowest BCUT2D eigenvalue weighted by Crippen LogP contribution is -1.96. The first kappa shape index (κ1) is 18.7. The van der Waals surface area contributed by atoms with Crippen LogP contribution in [0.1, 0.15) is 5.56 Å². The Balaban J connectivity index is 1.85. The topological polar surface area (TPSA) is 60.1 Å². The molecule has 0 N–H and O–H groups in total. The number of hydrogen-bond donors (Lipinski definition) is 0. The lowest BCUT2D eigenvalue weighted by Gasteiger charge is -2.12. The van der Waals surface area contributed by atoms with E-state index in [1.807, 2.05) is 60.7 Å². The maximum absolute atomic E-state index is 9.69. The van der Waals surface area contributed by atoms with Gasteiger partial charge in [0.05, 0.1) is 36.9 Å². The number of nitriles is 1. The van der Waals surface area contributed by atoms with Crippen molar-refractivity contribution in [2.45, 2.75) is 0 Å². The molecule has 3 aromatic carbocycles. The second kappa shape index (κ2) is 7.51. The highest BCUT2D eigenvalue weighted by atomic mass is 16.5. The summed E-state index contributed by atoms with van der Waals surface area (Å²) in [7, 11) is 3.33. The predicted octanol–water partition coefficient (Wildman–Crippen LogP) is 5.73. The molecular formula is C26H19N3O2. The number of pyridine rings is 1. The average molecular weight is 405 g/mol. The highest BCUT2D eigenvalue weighted by Gasteiger charge is 2.15. The predicted molar refractivity (Wildman–Crippen MR) is 122 cm³/mol. The van der Waals surface area contributed by atoms with Crippen LogP contribution < -0.4 is 9.47 Å². The van der Waals surface area contributed by atoms with Gasteiger partial charge >= 0.3 is 0 Å². The van der Waals surface area contributed by atoms with Crippen LogP contribution in [-0.4, -0.2) is 23.8 Å². The number of ether oxygens (including phenoxy) is 2. The monoisotopic (exact) mass is 405 g/mol. The zero-order valence-electron chi connectivity index (χ0n) is 17.2. The van der Waals surface area contributed by atoms with E-state index in [1.165, 1.54) is 0 Å². The van der Waals surface area contributed by atoms with Gasteiger partial charge in [-0.15, -0.1) is 0 Å². The Morgan fingerprint density at radius 3 is 1.90 bits per heavy atom. The van der Waals surface area contributed by atoms with Crippen molar-refractivity contribution in [2.75, 3.05) is 14.2 Å². The van der Waals surface area contributed by atoms with Gasteiger partial charge in [0.25, 0.3) is 0 Å². The molecule has 2 aromatic heterocycles. The molecule has 0 radical (unpaired) electrons. The van der Waals surface area contributed by atoms with Gasteiger partial charge in [-0.05, 0) is 77.9 Å². The summed E-state index contributed by atoms with van der Waals surface area (Å²) >= 11 is 0. The largest absolute Gasteiger partial charge is 0.497 e. The minimum Gasteiger partial charge on any atom is -0.497 e. The van der Waals surface area contributed by atoms with Crippen molar-refractivity contribution < 1.29 is 9.47 Å². The normalized spacial score (nSPS) is 10.9. The second-order valence-corrected chi connectivity index (χ2v) is 7.22. The van der Waals surface area contributed by atoms with Gasteiger partial charge < -0.3 is 14.0 Å². The van der Waals surface area contributed by atoms with Crippen molar-refractivity contribution >= 4 is 21.8 Å². The molecule has 0 aliphatic rings. The first-order valence-corrected chi connectivity index (χ1v) is 9.84. The quantitative estimate of drug-likeness (QED) is 0.383. The van der Waals surface area contributed by atoms with Gasteiger partial charge in [-0.1, -0.05) is 0 Å². The van der Waals surface area contributed by atoms with Crippen LogP contribution in [0.4, 0.5) is 0 Å². The Bertz CT molecular complexity index is 1400. The summed E-state index contributed by atoms with van der Waals surface area (Å²) in [5.41, 5.74) is 5.55. The number of benzene rings is 3. The Morgan fingerprint density at radius 1 is 0.742 bits per heavy atom. The van der Waals surface area contributed by atoms with Gasteiger partial charge in [0.2, 0.25) is 0 Å². The van der Waals surface area contributed by atoms with Crippen LogP contribution in [0.5, 0.6) is 11.5 Å². The molecular weight excluding hydrogens is 386 g/mol. The van der Waals surface area contributed by atoms with Crippen molar-refractivity contribution in [3.63, 3.8) is 0 Å². The molecule has 0 unspecified atom stereocenters. The lowest BCUT2D eigenvalue weighted by molar-refractivity contribution is 0.415. The summed E-state index contributed by atoms with van der Waals surface area (Å²) in [6.45, 7) is 0. The number of nitrogens with zero attached hydrogens (tertiary/aromatic N) is 3. The number of hydrogen-bond acceptors (Lipinski definition) is 4. The second-order valence-electron chi connectivity index (χ2n) is 7.22. The minimum atomic E-state index is 0.598. The number of fused-ring (bicyclic) bond motifs is 3. The van der Waals surface area contributed by atoms with Gasteiger partial charge in [-0.2, -0.15) is 5.26 Å². The zero-order chi connectivity index (χ0) is 21.4. The van der Waals surface area contributed by atoms with Crippen LogP contribution in [0.2, 0.25) is 0 Å². The zero-order valence-corrected chi connectivity index (χ0v) is 17.2. The minimum absolute atomic E-state index is 0.598. The molecule has 0 spiro atoms. The van der Waals surface area contributed by atoms with Crippen molar-refractivity contribution in [2.24, 2.45) is 0 Å². The smallest absolute Gasteiger partial charge is 0.119 e. The third-order valence-corrected chi connectivity index (χ3v) is 5.50. The highest BCUT2D eigenvalue weighted by molar-refractivity contribution is 6.10. The van der Waals surface area contributed by atoms with Crippen molar-refractivity contribution in [3.05, 3.63) is 84.7 Å². The number of aromatic nitrogens is 2. The molecule has 31 heavy (non-hydrogen) atoms. The van der Waals surface area contributed by atoms with E-state index in [4.69, 9.17) is 9.47 Å². The Morgan fingerprint density at radius 2 is 1.35 bits per heavy atom. The molecule has 0 aliphatic heterocycles. The molecule has 0 aliphatic carbocycles. The summed E-state index contributed by atoms with van der Waals surface area (Å²) in [5.74, 6) is 1.58. The first-order valence-electron chi connectivity index (χ1n) is 9.84. The Hall–Kier alpha value is -4.30. The molecule has 0 saturated carbocycles. The molecule has 0 saturated heterocycles. The fourth-order valence-electron chi connectivity index (χ4n) is 4.03. The van der Waals surface area contributed by atoms with Crippen molar-refractivity contribution in [3.8, 4) is 34.4 Å². The van der Waals surface area contributed by atoms with Crippen molar-refractivity contribution in [1.29, 1.82) is 5.26 Å². The van der Waals surface area contributed by atoms with Crippen LogP contribution in [-0.2, 0) is 0 Å². The lowest BCUT2D eigenvalue weighted by atomic mass is 10.0. The fourth-order valence-corrected chi connectivity index (χ4v) is 4.03. The molecule has 0 atom stereocenters. The summed E-state index contributed by atoms with van der Waals surface area (Å²) in [6.07, 6.45) is 3.51. The summed E-state index contributed by atoms with van der Waals surface area (Å²) in [4.78, 5) is 4.11. The van der Waals surface area contributed by atoms with E-state index in [0.717, 1.165) is 50.1 Å². The van der Waals surface area contributed by atoms with Crippen LogP contribution >= 0.6 is 0 Å². The average Bonchev–Trinajstić information content (AvgIpc) is 3.17. The Kier molecular flexibility index (Phi) is 4.53. The van der Waals surface area contributed by atoms with E-state index in [0.29, 0.717) is 5.56 Å². The maximum Gasteiger partial charge on any atom is 0.119 e. The molecule has 5 nitrogen and oxygen atoms in total. The molecule has 5 rings (SSSR count). The standard InChI is InChI=1S/C26H19N3O2/c1-30-21-3-5-25-23(14-21)24-15-22(31-2)4-6-26(24)29(25)20-12-17(16-27)11-19(13-20)18-7-9-28-10-8-18/h3-15H,1-2H3. The fraction of sp³-hybridized carbons (Fsp3) is 0.0769. The molecule has 5 aromatic rings. The molecule has 0 fully saturated rings. The van der Waals surface area contributed by atoms with E-state index in [-0.39, 0.29) is 0 Å². The van der Waals surface area contributed by atoms with E-state index in [2.05, 4.69) is 21.7 Å². The van der Waals surface area contributed by atoms with Gasteiger partial charge in [-0.25, -0.2) is 0 Å². The molecule has 0 bridgehead atoms. The van der Waals surface area contributed by atoms with E-state index in [9.17, 15) is 5.26 Å². The molecule has 150 valence electrons. The van der Waals surface area contributed by atoms with Gasteiger partial charge in [0.15, 0.2) is 0 Å². The Labute approximate surface area is 179 Å². The third kappa shape index (κ3) is 3.15.